The third kappa shape index (κ3) is 4.17. The van der Waals surface area contributed by atoms with E-state index in [2.05, 4.69) is 47.4 Å². The van der Waals surface area contributed by atoms with Gasteiger partial charge in [0.25, 0.3) is 0 Å². The van der Waals surface area contributed by atoms with Crippen molar-refractivity contribution in [3.05, 3.63) is 83.7 Å². The van der Waals surface area contributed by atoms with Crippen molar-refractivity contribution in [1.29, 1.82) is 0 Å². The molecule has 27 heavy (non-hydrogen) atoms. The van der Waals surface area contributed by atoms with Crippen LogP contribution in [0.3, 0.4) is 0 Å². The van der Waals surface area contributed by atoms with Crippen LogP contribution in [-0.2, 0) is 17.8 Å². The molecule has 0 bridgehead atoms. The molecule has 138 valence electrons. The van der Waals surface area contributed by atoms with E-state index < -0.39 is 0 Å². The Morgan fingerprint density at radius 1 is 0.852 bits per heavy atom. The van der Waals surface area contributed by atoms with Gasteiger partial charge in [-0.1, -0.05) is 54.6 Å². The minimum atomic E-state index is -0.270. The van der Waals surface area contributed by atoms with Crippen molar-refractivity contribution in [3.8, 4) is 0 Å². The highest BCUT2D eigenvalue weighted by atomic mass is 19.1. The molecule has 1 saturated heterocycles. The fraction of sp³-hybridized carbons (Fsp3) is 0.261. The Hall–Kier alpha value is -2.72. The Morgan fingerprint density at radius 2 is 1.56 bits per heavy atom. The van der Waals surface area contributed by atoms with E-state index in [0.717, 1.165) is 38.3 Å². The third-order valence-electron chi connectivity index (χ3n) is 5.27. The second-order valence-corrected chi connectivity index (χ2v) is 7.10. The first-order valence-electron chi connectivity index (χ1n) is 9.40. The molecule has 1 amide bonds. The number of hydrogen-bond donors (Lipinski definition) is 0. The lowest BCUT2D eigenvalue weighted by molar-refractivity contribution is -0.132. The largest absolute Gasteiger partial charge is 0.340 e. The maximum atomic E-state index is 13.0. The average molecular weight is 362 g/mol. The van der Waals surface area contributed by atoms with E-state index >= 15 is 0 Å². The summed E-state index contributed by atoms with van der Waals surface area (Å²) in [5, 5.41) is 2.57. The van der Waals surface area contributed by atoms with E-state index in [1.54, 1.807) is 12.1 Å². The van der Waals surface area contributed by atoms with E-state index in [0.29, 0.717) is 6.42 Å². The molecule has 0 unspecified atom stereocenters. The molecule has 3 nitrogen and oxygen atoms in total. The van der Waals surface area contributed by atoms with E-state index in [1.807, 2.05) is 4.90 Å². The summed E-state index contributed by atoms with van der Waals surface area (Å²) in [4.78, 5) is 16.8. The third-order valence-corrected chi connectivity index (χ3v) is 5.27. The molecule has 1 heterocycles. The second kappa shape index (κ2) is 7.89. The summed E-state index contributed by atoms with van der Waals surface area (Å²) in [5.74, 6) is -0.153. The van der Waals surface area contributed by atoms with Crippen LogP contribution in [0.25, 0.3) is 10.8 Å². The van der Waals surface area contributed by atoms with E-state index in [-0.39, 0.29) is 11.7 Å². The lowest BCUT2D eigenvalue weighted by Crippen LogP contribution is -2.48. The van der Waals surface area contributed by atoms with Gasteiger partial charge in [0.1, 0.15) is 5.82 Å². The summed E-state index contributed by atoms with van der Waals surface area (Å²) in [6.45, 7) is 4.13. The SMILES string of the molecule is O=C(Cc1ccc(F)cc1)N1CCN(Cc2cccc3ccccc23)CC1. The number of nitrogens with zero attached hydrogens (tertiary/aromatic N) is 2. The topological polar surface area (TPSA) is 23.6 Å². The zero-order valence-electron chi connectivity index (χ0n) is 15.3. The maximum Gasteiger partial charge on any atom is 0.227 e. The highest BCUT2D eigenvalue weighted by molar-refractivity contribution is 5.85. The van der Waals surface area contributed by atoms with Crippen LogP contribution in [0, 0.1) is 5.82 Å². The fourth-order valence-electron chi connectivity index (χ4n) is 3.72. The zero-order chi connectivity index (χ0) is 18.6. The summed E-state index contributed by atoms with van der Waals surface area (Å²) in [6.07, 6.45) is 0.337. The number of amides is 1. The first-order chi connectivity index (χ1) is 13.2. The molecule has 0 aliphatic carbocycles. The lowest BCUT2D eigenvalue weighted by atomic mass is 10.0. The first-order valence-corrected chi connectivity index (χ1v) is 9.40. The van der Waals surface area contributed by atoms with Crippen molar-refractivity contribution in [2.24, 2.45) is 0 Å². The van der Waals surface area contributed by atoms with Gasteiger partial charge in [-0.15, -0.1) is 0 Å². The molecule has 1 fully saturated rings. The highest BCUT2D eigenvalue weighted by Crippen LogP contribution is 2.20. The second-order valence-electron chi connectivity index (χ2n) is 7.10. The van der Waals surface area contributed by atoms with Crippen LogP contribution < -0.4 is 0 Å². The fourth-order valence-corrected chi connectivity index (χ4v) is 3.72. The van der Waals surface area contributed by atoms with Crippen molar-refractivity contribution in [2.45, 2.75) is 13.0 Å². The minimum Gasteiger partial charge on any atom is -0.340 e. The van der Waals surface area contributed by atoms with Crippen molar-refractivity contribution in [2.75, 3.05) is 26.2 Å². The van der Waals surface area contributed by atoms with Gasteiger partial charge in [-0.05, 0) is 34.0 Å². The van der Waals surface area contributed by atoms with Gasteiger partial charge in [0, 0.05) is 32.7 Å². The quantitative estimate of drug-likeness (QED) is 0.703. The number of piperazine rings is 1. The van der Waals surface area contributed by atoms with Gasteiger partial charge >= 0.3 is 0 Å². The number of halogens is 1. The Morgan fingerprint density at radius 3 is 2.33 bits per heavy atom. The predicted molar refractivity (Wildman–Crippen MR) is 106 cm³/mol. The normalized spacial score (nSPS) is 15.2. The summed E-state index contributed by atoms with van der Waals surface area (Å²) in [6, 6.07) is 21.1. The van der Waals surface area contributed by atoms with Gasteiger partial charge < -0.3 is 4.90 Å². The van der Waals surface area contributed by atoms with Crippen molar-refractivity contribution in [1.82, 2.24) is 9.80 Å². The van der Waals surface area contributed by atoms with E-state index in [4.69, 9.17) is 0 Å². The van der Waals surface area contributed by atoms with Crippen LogP contribution in [0.2, 0.25) is 0 Å². The molecule has 3 aromatic carbocycles. The highest BCUT2D eigenvalue weighted by Gasteiger charge is 2.21. The minimum absolute atomic E-state index is 0.117. The molecule has 0 atom stereocenters. The summed E-state index contributed by atoms with van der Waals surface area (Å²) >= 11 is 0. The molecule has 4 rings (SSSR count). The molecule has 1 aliphatic heterocycles. The Labute approximate surface area is 159 Å². The van der Waals surface area contributed by atoms with Gasteiger partial charge in [-0.3, -0.25) is 9.69 Å². The van der Waals surface area contributed by atoms with Gasteiger partial charge in [0.05, 0.1) is 6.42 Å². The summed E-state index contributed by atoms with van der Waals surface area (Å²) in [5.41, 5.74) is 2.19. The van der Waals surface area contributed by atoms with Crippen LogP contribution in [0.1, 0.15) is 11.1 Å². The monoisotopic (exact) mass is 362 g/mol. The molecule has 3 aromatic rings. The molecule has 1 aliphatic rings. The van der Waals surface area contributed by atoms with Crippen LogP contribution in [0.5, 0.6) is 0 Å². The van der Waals surface area contributed by atoms with Crippen LogP contribution >= 0.6 is 0 Å². The lowest BCUT2D eigenvalue weighted by Gasteiger charge is -2.35. The molecule has 4 heteroatoms. The molecule has 0 radical (unpaired) electrons. The van der Waals surface area contributed by atoms with Gasteiger partial charge in [0.2, 0.25) is 5.91 Å². The number of benzene rings is 3. The Bertz CT molecular complexity index is 925. The number of hydrogen-bond acceptors (Lipinski definition) is 2. The van der Waals surface area contributed by atoms with Crippen molar-refractivity contribution < 1.29 is 9.18 Å². The Kier molecular flexibility index (Phi) is 5.16. The predicted octanol–water partition coefficient (Wildman–Crippen LogP) is 3.87. The van der Waals surface area contributed by atoms with Crippen molar-refractivity contribution in [3.63, 3.8) is 0 Å². The number of carbonyl (C=O) groups is 1. The van der Waals surface area contributed by atoms with Crippen LogP contribution in [-0.4, -0.2) is 41.9 Å². The molecule has 0 spiro atoms. The molecule has 0 aromatic heterocycles. The maximum absolute atomic E-state index is 13.0. The Balaban J connectivity index is 1.34. The smallest absolute Gasteiger partial charge is 0.227 e. The molecule has 0 saturated carbocycles. The first kappa shape index (κ1) is 17.7. The summed E-state index contributed by atoms with van der Waals surface area (Å²) in [7, 11) is 0. The summed E-state index contributed by atoms with van der Waals surface area (Å²) < 4.78 is 13.0. The van der Waals surface area contributed by atoms with Gasteiger partial charge in [-0.2, -0.15) is 0 Å². The number of rotatable bonds is 4. The van der Waals surface area contributed by atoms with Gasteiger partial charge in [-0.25, -0.2) is 4.39 Å². The zero-order valence-corrected chi connectivity index (χ0v) is 15.3. The van der Waals surface area contributed by atoms with Crippen LogP contribution in [0.4, 0.5) is 4.39 Å². The van der Waals surface area contributed by atoms with E-state index in [1.165, 1.54) is 28.5 Å². The van der Waals surface area contributed by atoms with Crippen molar-refractivity contribution >= 4 is 16.7 Å². The van der Waals surface area contributed by atoms with E-state index in [9.17, 15) is 9.18 Å². The molecular weight excluding hydrogens is 339 g/mol. The molecule has 0 N–H and O–H groups in total. The molecular formula is C23H23FN2O. The standard InChI is InChI=1S/C23H23FN2O/c24-21-10-8-18(9-11-21)16-23(27)26-14-12-25(13-15-26)17-20-6-3-5-19-4-1-2-7-22(19)20/h1-11H,12-17H2. The van der Waals surface area contributed by atoms with Gasteiger partial charge in [0.15, 0.2) is 0 Å². The number of fused-ring (bicyclic) bond motifs is 1. The average Bonchev–Trinajstić information content (AvgIpc) is 2.70. The van der Waals surface area contributed by atoms with Crippen LogP contribution in [0.15, 0.2) is 66.7 Å². The number of carbonyl (C=O) groups excluding carboxylic acids is 1.